The fraction of sp³-hybridized carbons (Fsp3) is 0.490. The predicted molar refractivity (Wildman–Crippen MR) is 495 cm³/mol. The molecule has 0 bridgehead atoms. The SMILES string of the molecule is CCCCCCCCCCCCCCCCCCOc1cn(Cc2ccccc2)c(CN2CCN(C(c3ccccc3)c3ccccc3)CC2)cc1=O.CCCCCCCCCCCCCCCCCCOc1cn(Cc2ccccc2)c(CN2CCN(C(c3ccccc3)c3ccccc3)CC2)cc1=O.O.O=C(O)C(=O)O.O=C(O)C(=O)O.O=C(O)C(=O)O. The van der Waals surface area contributed by atoms with Crippen LogP contribution in [0.1, 0.15) is 276 Å². The minimum absolute atomic E-state index is 0. The quantitative estimate of drug-likeness (QED) is 0.0152. The molecule has 8 N–H and O–H groups in total. The van der Waals surface area contributed by atoms with Crippen molar-refractivity contribution in [1.29, 1.82) is 0 Å². The summed E-state index contributed by atoms with van der Waals surface area (Å²) in [4.78, 5) is 91.6. The van der Waals surface area contributed by atoms with E-state index in [4.69, 9.17) is 68.9 Å². The maximum absolute atomic E-state index is 13.4. The predicted octanol–water partition coefficient (Wildman–Crippen LogP) is 19.5. The van der Waals surface area contributed by atoms with Gasteiger partial charge in [0.1, 0.15) is 0 Å². The Hall–Kier alpha value is -10.6. The summed E-state index contributed by atoms with van der Waals surface area (Å²) < 4.78 is 16.8. The van der Waals surface area contributed by atoms with Gasteiger partial charge in [-0.3, -0.25) is 29.2 Å². The van der Waals surface area contributed by atoms with E-state index in [1.165, 1.54) is 213 Å². The summed E-state index contributed by atoms with van der Waals surface area (Å²) in [5.41, 5.74) is 9.85. The second kappa shape index (κ2) is 64.2. The van der Waals surface area contributed by atoms with E-state index in [0.29, 0.717) is 24.7 Å². The first kappa shape index (κ1) is 105. The first-order chi connectivity index (χ1) is 60.3. The number of ether oxygens (including phenoxy) is 2. The van der Waals surface area contributed by atoms with Crippen LogP contribution < -0.4 is 20.3 Å². The van der Waals surface area contributed by atoms with E-state index in [2.05, 4.69) is 225 Å². The molecular formula is C102H142N6O17. The largest absolute Gasteiger partial charge is 0.488 e. The molecule has 2 saturated heterocycles. The summed E-state index contributed by atoms with van der Waals surface area (Å²) in [6, 6.07) is 68.7. The lowest BCUT2D eigenvalue weighted by Crippen LogP contribution is -2.47. The average molecular weight is 1720 g/mol. The number of piperazine rings is 2. The molecule has 0 saturated carbocycles. The van der Waals surface area contributed by atoms with E-state index in [9.17, 15) is 9.59 Å². The number of carboxylic acid groups (broad SMARTS) is 6. The Bertz CT molecular complexity index is 3940. The lowest BCUT2D eigenvalue weighted by Gasteiger charge is -2.40. The van der Waals surface area contributed by atoms with Crippen molar-refractivity contribution in [2.75, 3.05) is 65.6 Å². The summed E-state index contributed by atoms with van der Waals surface area (Å²) in [6.07, 6.45) is 47.0. The topological polar surface area (TPSA) is 331 Å². The number of hydrogen-bond donors (Lipinski definition) is 6. The molecule has 682 valence electrons. The van der Waals surface area contributed by atoms with Crippen molar-refractivity contribution < 1.29 is 74.4 Å². The fourth-order valence-electron chi connectivity index (χ4n) is 15.8. The number of carbonyl (C=O) groups is 6. The van der Waals surface area contributed by atoms with Gasteiger partial charge in [0, 0.05) is 102 Å². The summed E-state index contributed by atoms with van der Waals surface area (Å²) in [5.74, 6) is -9.99. The van der Waals surface area contributed by atoms with Gasteiger partial charge >= 0.3 is 35.8 Å². The molecule has 8 aromatic rings. The summed E-state index contributed by atoms with van der Waals surface area (Å²) >= 11 is 0. The van der Waals surface area contributed by atoms with Crippen LogP contribution in [0.4, 0.5) is 0 Å². The molecule has 0 spiro atoms. The van der Waals surface area contributed by atoms with Gasteiger partial charge in [0.2, 0.25) is 10.9 Å². The van der Waals surface area contributed by atoms with Gasteiger partial charge in [-0.05, 0) is 46.2 Å². The molecule has 125 heavy (non-hydrogen) atoms. The zero-order chi connectivity index (χ0) is 89.0. The number of hydrogen-bond acceptors (Lipinski definition) is 14. The van der Waals surface area contributed by atoms with Crippen LogP contribution in [0.15, 0.2) is 216 Å². The van der Waals surface area contributed by atoms with Crippen molar-refractivity contribution in [3.05, 3.63) is 272 Å². The van der Waals surface area contributed by atoms with Crippen LogP contribution in [0.2, 0.25) is 0 Å². The zero-order valence-electron chi connectivity index (χ0n) is 74.3. The van der Waals surface area contributed by atoms with E-state index in [1.54, 1.807) is 0 Å². The van der Waals surface area contributed by atoms with Crippen LogP contribution in [0.3, 0.4) is 0 Å². The van der Waals surface area contributed by atoms with Crippen molar-refractivity contribution in [3.8, 4) is 11.5 Å². The van der Waals surface area contributed by atoms with Crippen molar-refractivity contribution in [2.24, 2.45) is 0 Å². The molecule has 23 nitrogen and oxygen atoms in total. The first-order valence-corrected chi connectivity index (χ1v) is 45.7. The van der Waals surface area contributed by atoms with E-state index >= 15 is 0 Å². The maximum Gasteiger partial charge on any atom is 0.414 e. The van der Waals surface area contributed by atoms with Crippen LogP contribution in [-0.2, 0) is 54.9 Å². The molecule has 0 radical (unpaired) electrons. The van der Waals surface area contributed by atoms with Gasteiger partial charge in [0.25, 0.3) is 0 Å². The lowest BCUT2D eigenvalue weighted by atomic mass is 9.96. The highest BCUT2D eigenvalue weighted by Gasteiger charge is 2.29. The van der Waals surface area contributed by atoms with Crippen molar-refractivity contribution in [2.45, 2.75) is 258 Å². The highest BCUT2D eigenvalue weighted by atomic mass is 16.5. The van der Waals surface area contributed by atoms with Crippen molar-refractivity contribution in [3.63, 3.8) is 0 Å². The van der Waals surface area contributed by atoms with E-state index in [-0.39, 0.29) is 28.4 Å². The number of rotatable bonds is 50. The third-order valence-corrected chi connectivity index (χ3v) is 22.6. The molecule has 2 fully saturated rings. The molecule has 2 aliphatic rings. The highest BCUT2D eigenvalue weighted by molar-refractivity contribution is 6.28. The standard InChI is InChI=1S/2C48H67N3O2.3C2H2O4.H2O/c2*1-2-3-4-5-6-7-8-9-10-11-12-13-14-15-16-26-37-53-47-41-51(39-42-27-20-17-21-28-42)45(38-46(47)52)40-49-33-35-50(36-34-49)48(43-29-22-18-23-30-43)44-31-24-19-25-32-44;3*3-1(4)2(5)6;/h2*17-25,27-32,38,41,48H,2-16,26,33-37,39-40H2,1H3;3*(H,3,4)(H,5,6);1H2. The Morgan fingerprint density at radius 1 is 0.288 bits per heavy atom. The molecule has 6 aromatic carbocycles. The number of benzene rings is 6. The summed E-state index contributed by atoms with van der Waals surface area (Å²) in [7, 11) is 0. The van der Waals surface area contributed by atoms with Gasteiger partial charge in [-0.15, -0.1) is 0 Å². The number of aromatic nitrogens is 2. The number of carboxylic acids is 6. The summed E-state index contributed by atoms with van der Waals surface area (Å²) in [6.45, 7) is 16.4. The molecular weight excluding hydrogens is 1580 g/mol. The molecule has 0 aliphatic carbocycles. The van der Waals surface area contributed by atoms with Gasteiger partial charge in [-0.1, -0.05) is 388 Å². The number of aliphatic carboxylic acids is 6. The molecule has 0 atom stereocenters. The van der Waals surface area contributed by atoms with Gasteiger partial charge < -0.3 is 54.7 Å². The Morgan fingerprint density at radius 3 is 0.712 bits per heavy atom. The van der Waals surface area contributed by atoms with Gasteiger partial charge in [-0.25, -0.2) is 28.8 Å². The van der Waals surface area contributed by atoms with Crippen LogP contribution >= 0.6 is 0 Å². The molecule has 23 heteroatoms. The second-order valence-electron chi connectivity index (χ2n) is 32.4. The molecule has 2 aliphatic heterocycles. The third kappa shape index (κ3) is 43.8. The Balaban J connectivity index is 0.000000368. The number of pyridine rings is 2. The molecule has 0 unspecified atom stereocenters. The van der Waals surface area contributed by atoms with Crippen LogP contribution in [0, 0.1) is 0 Å². The Morgan fingerprint density at radius 2 is 0.496 bits per heavy atom. The summed E-state index contributed by atoms with van der Waals surface area (Å²) in [5, 5.41) is 44.3. The average Bonchev–Trinajstić information content (AvgIpc) is 0.812. The van der Waals surface area contributed by atoms with Crippen LogP contribution in [-0.4, -0.2) is 166 Å². The van der Waals surface area contributed by atoms with Crippen molar-refractivity contribution >= 4 is 35.8 Å². The normalized spacial score (nSPS) is 12.8. The van der Waals surface area contributed by atoms with E-state index < -0.39 is 35.8 Å². The third-order valence-electron chi connectivity index (χ3n) is 22.6. The number of unbranched alkanes of at least 4 members (excludes halogenated alkanes) is 30. The first-order valence-electron chi connectivity index (χ1n) is 45.7. The van der Waals surface area contributed by atoms with Gasteiger partial charge in [0.05, 0.1) is 37.7 Å². The molecule has 4 heterocycles. The fourth-order valence-corrected chi connectivity index (χ4v) is 15.8. The highest BCUT2D eigenvalue weighted by Crippen LogP contribution is 2.32. The minimum Gasteiger partial charge on any atom is -0.488 e. The minimum atomic E-state index is -1.82. The molecule has 2 aromatic heterocycles. The van der Waals surface area contributed by atoms with Gasteiger partial charge in [-0.2, -0.15) is 0 Å². The van der Waals surface area contributed by atoms with Crippen LogP contribution in [0.5, 0.6) is 11.5 Å². The van der Waals surface area contributed by atoms with Crippen molar-refractivity contribution in [1.82, 2.24) is 28.7 Å². The number of nitrogens with zero attached hydrogens (tertiary/aromatic N) is 6. The van der Waals surface area contributed by atoms with Gasteiger partial charge in [0.15, 0.2) is 11.5 Å². The second-order valence-corrected chi connectivity index (χ2v) is 32.4. The Kier molecular flexibility index (Phi) is 53.9. The monoisotopic (exact) mass is 1720 g/mol. The maximum atomic E-state index is 13.4. The molecule has 10 rings (SSSR count). The zero-order valence-corrected chi connectivity index (χ0v) is 74.3. The van der Waals surface area contributed by atoms with Crippen LogP contribution in [0.25, 0.3) is 0 Å². The lowest BCUT2D eigenvalue weighted by molar-refractivity contribution is -0.159. The van der Waals surface area contributed by atoms with E-state index in [0.717, 1.165) is 116 Å². The smallest absolute Gasteiger partial charge is 0.414 e. The van der Waals surface area contributed by atoms with E-state index in [1.807, 2.05) is 24.5 Å². The molecule has 0 amide bonds. The Labute approximate surface area is 741 Å².